The van der Waals surface area contributed by atoms with Gasteiger partial charge in [-0.1, -0.05) is 24.3 Å². The summed E-state index contributed by atoms with van der Waals surface area (Å²) in [6.45, 7) is 1.28. The number of halogens is 4. The monoisotopic (exact) mass is 463 g/mol. The average molecular weight is 464 g/mol. The van der Waals surface area contributed by atoms with Crippen molar-refractivity contribution in [1.82, 2.24) is 4.90 Å². The molecular formula is C19H21ClF3N3O3S. The Morgan fingerprint density at radius 3 is 2.40 bits per heavy atom. The minimum atomic E-state index is -5.02. The van der Waals surface area contributed by atoms with Crippen molar-refractivity contribution < 1.29 is 26.3 Å². The van der Waals surface area contributed by atoms with Crippen molar-refractivity contribution in [2.24, 2.45) is 0 Å². The Morgan fingerprint density at radius 1 is 1.10 bits per heavy atom. The molecule has 2 aromatic carbocycles. The Morgan fingerprint density at radius 2 is 1.77 bits per heavy atom. The molecule has 3 rings (SSSR count). The number of para-hydroxylation sites is 1. The van der Waals surface area contributed by atoms with Crippen LogP contribution in [0.2, 0.25) is 0 Å². The van der Waals surface area contributed by atoms with Crippen LogP contribution in [0.1, 0.15) is 6.42 Å². The van der Waals surface area contributed by atoms with Gasteiger partial charge >= 0.3 is 6.36 Å². The van der Waals surface area contributed by atoms with Gasteiger partial charge in [0.05, 0.1) is 21.6 Å². The SMILES string of the molecule is CN1CCC(Nc2cccc(NS(=O)(=O)c3ccccc3)c2OC(F)(F)F)C(Cl)C1. The smallest absolute Gasteiger partial charge is 0.401 e. The van der Waals surface area contributed by atoms with Crippen molar-refractivity contribution in [3.63, 3.8) is 0 Å². The lowest BCUT2D eigenvalue weighted by atomic mass is 10.0. The molecule has 0 aromatic heterocycles. The number of anilines is 2. The van der Waals surface area contributed by atoms with Crippen LogP contribution >= 0.6 is 11.6 Å². The van der Waals surface area contributed by atoms with E-state index in [2.05, 4.69) is 14.8 Å². The van der Waals surface area contributed by atoms with Gasteiger partial charge in [0.25, 0.3) is 10.0 Å². The van der Waals surface area contributed by atoms with E-state index in [1.807, 2.05) is 11.9 Å². The van der Waals surface area contributed by atoms with Crippen LogP contribution in [0.5, 0.6) is 5.75 Å². The largest absolute Gasteiger partial charge is 0.573 e. The topological polar surface area (TPSA) is 70.7 Å². The van der Waals surface area contributed by atoms with Crippen molar-refractivity contribution in [2.45, 2.75) is 29.1 Å². The number of ether oxygens (including phenoxy) is 1. The van der Waals surface area contributed by atoms with Gasteiger partial charge in [0.15, 0.2) is 5.75 Å². The number of benzene rings is 2. The highest BCUT2D eigenvalue weighted by Crippen LogP contribution is 2.39. The molecule has 1 saturated heterocycles. The zero-order valence-corrected chi connectivity index (χ0v) is 17.6. The summed E-state index contributed by atoms with van der Waals surface area (Å²) in [4.78, 5) is 1.94. The first-order valence-electron chi connectivity index (χ1n) is 9.11. The van der Waals surface area contributed by atoms with Crippen molar-refractivity contribution >= 4 is 33.0 Å². The maximum Gasteiger partial charge on any atom is 0.573 e. The van der Waals surface area contributed by atoms with E-state index in [0.717, 1.165) is 6.54 Å². The Hall–Kier alpha value is -2.17. The van der Waals surface area contributed by atoms with Crippen LogP contribution in [0, 0.1) is 0 Å². The highest BCUT2D eigenvalue weighted by atomic mass is 35.5. The number of piperidine rings is 1. The molecule has 2 unspecified atom stereocenters. The van der Waals surface area contributed by atoms with Gasteiger partial charge in [-0.05, 0) is 44.3 Å². The molecule has 0 aliphatic carbocycles. The minimum Gasteiger partial charge on any atom is -0.401 e. The molecule has 1 fully saturated rings. The van der Waals surface area contributed by atoms with E-state index in [4.69, 9.17) is 11.6 Å². The summed E-state index contributed by atoms with van der Waals surface area (Å²) >= 11 is 6.36. The van der Waals surface area contributed by atoms with Crippen LogP contribution in [0.25, 0.3) is 0 Å². The molecule has 1 aliphatic rings. The molecule has 0 saturated carbocycles. The summed E-state index contributed by atoms with van der Waals surface area (Å²) < 4.78 is 70.9. The van der Waals surface area contributed by atoms with Crippen molar-refractivity contribution in [3.05, 3.63) is 48.5 Å². The van der Waals surface area contributed by atoms with Gasteiger partial charge < -0.3 is 15.0 Å². The average Bonchev–Trinajstić information content (AvgIpc) is 2.66. The number of hydrogen-bond acceptors (Lipinski definition) is 5. The highest BCUT2D eigenvalue weighted by Gasteiger charge is 2.35. The Kier molecular flexibility index (Phi) is 6.68. The normalized spacial score (nSPS) is 20.6. The molecule has 2 N–H and O–H groups in total. The second kappa shape index (κ2) is 8.91. The Balaban J connectivity index is 1.94. The fraction of sp³-hybridized carbons (Fsp3) is 0.368. The predicted molar refractivity (Wildman–Crippen MR) is 110 cm³/mol. The fourth-order valence-corrected chi connectivity index (χ4v) is 4.69. The fourth-order valence-electron chi connectivity index (χ4n) is 3.18. The molecular weight excluding hydrogens is 443 g/mol. The summed E-state index contributed by atoms with van der Waals surface area (Å²) in [7, 11) is -2.21. The number of hydrogen-bond donors (Lipinski definition) is 2. The first kappa shape index (κ1) is 22.5. The van der Waals surface area contributed by atoms with E-state index in [1.165, 1.54) is 42.5 Å². The summed E-state index contributed by atoms with van der Waals surface area (Å²) in [6, 6.07) is 11.1. The maximum atomic E-state index is 13.1. The molecule has 1 aliphatic heterocycles. The van der Waals surface area contributed by atoms with Gasteiger partial charge in [0, 0.05) is 12.6 Å². The second-order valence-electron chi connectivity index (χ2n) is 6.97. The molecule has 0 radical (unpaired) electrons. The van der Waals surface area contributed by atoms with Crippen molar-refractivity contribution in [2.75, 3.05) is 30.2 Å². The number of likely N-dealkylation sites (tertiary alicyclic amines) is 1. The second-order valence-corrected chi connectivity index (χ2v) is 9.21. The molecule has 2 atom stereocenters. The summed E-state index contributed by atoms with van der Waals surface area (Å²) in [5, 5.41) is 2.65. The molecule has 1 heterocycles. The zero-order valence-electron chi connectivity index (χ0n) is 16.0. The van der Waals surface area contributed by atoms with Crippen LogP contribution in [0.4, 0.5) is 24.5 Å². The molecule has 0 amide bonds. The van der Waals surface area contributed by atoms with Crippen LogP contribution in [-0.4, -0.2) is 51.2 Å². The third-order valence-electron chi connectivity index (χ3n) is 4.62. The van der Waals surface area contributed by atoms with E-state index in [-0.39, 0.29) is 27.7 Å². The van der Waals surface area contributed by atoms with Crippen LogP contribution in [0.3, 0.4) is 0 Å². The van der Waals surface area contributed by atoms with Crippen molar-refractivity contribution in [3.8, 4) is 5.75 Å². The van der Waals surface area contributed by atoms with Gasteiger partial charge in [-0.25, -0.2) is 8.42 Å². The van der Waals surface area contributed by atoms with Crippen LogP contribution in [0.15, 0.2) is 53.4 Å². The predicted octanol–water partition coefficient (Wildman–Crippen LogP) is 4.11. The Bertz CT molecular complexity index is 974. The van der Waals surface area contributed by atoms with Gasteiger partial charge in [-0.2, -0.15) is 0 Å². The molecule has 164 valence electrons. The van der Waals surface area contributed by atoms with Gasteiger partial charge in [-0.3, -0.25) is 4.72 Å². The lowest BCUT2D eigenvalue weighted by molar-refractivity contribution is -0.274. The third kappa shape index (κ3) is 5.71. The van der Waals surface area contributed by atoms with E-state index in [1.54, 1.807) is 6.07 Å². The van der Waals surface area contributed by atoms with E-state index in [9.17, 15) is 21.6 Å². The number of nitrogens with one attached hydrogen (secondary N) is 2. The third-order valence-corrected chi connectivity index (χ3v) is 6.44. The van der Waals surface area contributed by atoms with E-state index in [0.29, 0.717) is 13.0 Å². The molecule has 0 bridgehead atoms. The Labute approximate surface area is 178 Å². The van der Waals surface area contributed by atoms with Crippen molar-refractivity contribution in [1.29, 1.82) is 0 Å². The van der Waals surface area contributed by atoms with Gasteiger partial charge in [-0.15, -0.1) is 24.8 Å². The molecule has 11 heteroatoms. The molecule has 6 nitrogen and oxygen atoms in total. The lowest BCUT2D eigenvalue weighted by Gasteiger charge is -2.34. The number of rotatable bonds is 6. The lowest BCUT2D eigenvalue weighted by Crippen LogP contribution is -2.45. The minimum absolute atomic E-state index is 0.000731. The molecule has 30 heavy (non-hydrogen) atoms. The first-order chi connectivity index (χ1) is 14.0. The molecule has 2 aromatic rings. The first-order valence-corrected chi connectivity index (χ1v) is 11.0. The summed E-state index contributed by atoms with van der Waals surface area (Å²) in [5.41, 5.74) is -0.332. The number of alkyl halides is 4. The summed E-state index contributed by atoms with van der Waals surface area (Å²) in [6.07, 6.45) is -4.41. The molecule has 0 spiro atoms. The van der Waals surface area contributed by atoms with Gasteiger partial charge in [0.1, 0.15) is 0 Å². The number of nitrogens with zero attached hydrogens (tertiary/aromatic N) is 1. The van der Waals surface area contributed by atoms with Crippen LogP contribution < -0.4 is 14.8 Å². The van der Waals surface area contributed by atoms with Gasteiger partial charge in [0.2, 0.25) is 0 Å². The number of sulfonamides is 1. The maximum absolute atomic E-state index is 13.1. The standard InChI is InChI=1S/C19H21ClF3N3O3S/c1-26-11-10-15(14(20)12-26)24-16-8-5-9-17(18(16)29-19(21,22)23)25-30(27,28)13-6-3-2-4-7-13/h2-9,14-15,24-25H,10-12H2,1H3. The quantitative estimate of drug-likeness (QED) is 0.631. The zero-order chi connectivity index (χ0) is 21.9. The van der Waals surface area contributed by atoms with Crippen LogP contribution in [-0.2, 0) is 10.0 Å². The van der Waals surface area contributed by atoms with E-state index >= 15 is 0 Å². The van der Waals surface area contributed by atoms with E-state index < -0.39 is 22.1 Å². The highest BCUT2D eigenvalue weighted by molar-refractivity contribution is 7.92. The summed E-state index contributed by atoms with van der Waals surface area (Å²) in [5.74, 6) is -0.660.